The first-order chi connectivity index (χ1) is 12.1. The van der Waals surface area contributed by atoms with Crippen molar-refractivity contribution in [1.82, 2.24) is 14.9 Å². The largest absolute Gasteiger partial charge is 0.480 e. The smallest absolute Gasteiger partial charge is 0.320 e. The maximum absolute atomic E-state index is 11.6. The first-order valence-corrected chi connectivity index (χ1v) is 9.59. The summed E-state index contributed by atoms with van der Waals surface area (Å²) in [7, 11) is 0. The van der Waals surface area contributed by atoms with Crippen LogP contribution in [0, 0.1) is 5.41 Å². The van der Waals surface area contributed by atoms with Gasteiger partial charge in [-0.05, 0) is 44.1 Å². The number of aliphatic carboxylic acids is 1. The second kappa shape index (κ2) is 7.68. The van der Waals surface area contributed by atoms with E-state index in [0.29, 0.717) is 0 Å². The highest BCUT2D eigenvalue weighted by Crippen LogP contribution is 2.44. The lowest BCUT2D eigenvalue weighted by Crippen LogP contribution is -2.42. The molecule has 0 aliphatic carbocycles. The number of hydrogen-bond acceptors (Lipinski definition) is 5. The van der Waals surface area contributed by atoms with Crippen LogP contribution in [0.15, 0.2) is 12.5 Å². The van der Waals surface area contributed by atoms with E-state index in [0.717, 1.165) is 70.5 Å². The average Bonchev–Trinajstić information content (AvgIpc) is 2.95. The van der Waals surface area contributed by atoms with Gasteiger partial charge in [-0.15, -0.1) is 0 Å². The van der Waals surface area contributed by atoms with Gasteiger partial charge in [0.2, 0.25) is 0 Å². The summed E-state index contributed by atoms with van der Waals surface area (Å²) in [6.45, 7) is 8.03. The SMILES string of the molecule is CCCc1cncnc1N1CCC2(CC1)CC(C(=O)O)N(CCC)C2. The number of hydrogen-bond donors (Lipinski definition) is 1. The Hall–Kier alpha value is -1.69. The van der Waals surface area contributed by atoms with E-state index in [-0.39, 0.29) is 11.5 Å². The van der Waals surface area contributed by atoms with Crippen LogP contribution in [0.25, 0.3) is 0 Å². The lowest BCUT2D eigenvalue weighted by Gasteiger charge is -2.40. The molecule has 2 fully saturated rings. The standard InChI is InChI=1S/C19H30N4O2/c1-3-5-15-12-20-14-21-17(15)22-9-6-19(7-10-22)11-16(18(24)25)23(13-19)8-4-2/h12,14,16H,3-11,13H2,1-2H3,(H,24,25). The molecule has 1 spiro atoms. The molecule has 2 aliphatic rings. The topological polar surface area (TPSA) is 69.6 Å². The third-order valence-electron chi connectivity index (χ3n) is 5.81. The molecule has 1 atom stereocenters. The van der Waals surface area contributed by atoms with Crippen molar-refractivity contribution >= 4 is 11.8 Å². The van der Waals surface area contributed by atoms with Crippen molar-refractivity contribution in [2.24, 2.45) is 5.41 Å². The van der Waals surface area contributed by atoms with Crippen LogP contribution in [0.4, 0.5) is 5.82 Å². The van der Waals surface area contributed by atoms with Crippen molar-refractivity contribution in [2.45, 2.75) is 58.4 Å². The maximum Gasteiger partial charge on any atom is 0.320 e. The summed E-state index contributed by atoms with van der Waals surface area (Å²) in [4.78, 5) is 24.9. The van der Waals surface area contributed by atoms with Crippen LogP contribution in [0.2, 0.25) is 0 Å². The molecule has 0 radical (unpaired) electrons. The number of aromatic nitrogens is 2. The summed E-state index contributed by atoms with van der Waals surface area (Å²) < 4.78 is 0. The Kier molecular flexibility index (Phi) is 5.57. The van der Waals surface area contributed by atoms with Crippen LogP contribution < -0.4 is 4.90 Å². The molecule has 138 valence electrons. The Labute approximate surface area is 150 Å². The lowest BCUT2D eigenvalue weighted by molar-refractivity contribution is -0.142. The molecule has 6 heteroatoms. The van der Waals surface area contributed by atoms with Gasteiger partial charge in [-0.25, -0.2) is 9.97 Å². The fourth-order valence-electron chi connectivity index (χ4n) is 4.55. The van der Waals surface area contributed by atoms with E-state index in [2.05, 4.69) is 33.6 Å². The summed E-state index contributed by atoms with van der Waals surface area (Å²) >= 11 is 0. The summed E-state index contributed by atoms with van der Waals surface area (Å²) in [6, 6.07) is -0.304. The molecular weight excluding hydrogens is 316 g/mol. The molecule has 3 heterocycles. The number of rotatable bonds is 6. The number of anilines is 1. The van der Waals surface area contributed by atoms with E-state index in [1.54, 1.807) is 6.33 Å². The number of carbonyl (C=O) groups is 1. The van der Waals surface area contributed by atoms with Crippen LogP contribution >= 0.6 is 0 Å². The van der Waals surface area contributed by atoms with E-state index >= 15 is 0 Å². The van der Waals surface area contributed by atoms with Gasteiger partial charge in [0.15, 0.2) is 0 Å². The third kappa shape index (κ3) is 3.78. The zero-order chi connectivity index (χ0) is 17.9. The highest BCUT2D eigenvalue weighted by molar-refractivity contribution is 5.74. The lowest BCUT2D eigenvalue weighted by atomic mass is 9.76. The van der Waals surface area contributed by atoms with Crippen molar-refractivity contribution in [2.75, 3.05) is 31.1 Å². The van der Waals surface area contributed by atoms with E-state index in [1.807, 2.05) is 6.20 Å². The molecule has 2 aliphatic heterocycles. The number of nitrogens with zero attached hydrogens (tertiary/aromatic N) is 4. The molecule has 6 nitrogen and oxygen atoms in total. The van der Waals surface area contributed by atoms with Gasteiger partial charge in [0.1, 0.15) is 18.2 Å². The minimum absolute atomic E-state index is 0.159. The molecular formula is C19H30N4O2. The minimum atomic E-state index is -0.659. The predicted molar refractivity (Wildman–Crippen MR) is 97.8 cm³/mol. The van der Waals surface area contributed by atoms with Gasteiger partial charge in [-0.3, -0.25) is 9.69 Å². The van der Waals surface area contributed by atoms with E-state index in [1.165, 1.54) is 5.56 Å². The van der Waals surface area contributed by atoms with Gasteiger partial charge in [-0.1, -0.05) is 20.3 Å². The second-order valence-electron chi connectivity index (χ2n) is 7.64. The summed E-state index contributed by atoms with van der Waals surface area (Å²) in [5.74, 6) is 0.415. The van der Waals surface area contributed by atoms with Crippen LogP contribution in [0.1, 0.15) is 51.5 Å². The van der Waals surface area contributed by atoms with E-state index in [4.69, 9.17) is 0 Å². The van der Waals surface area contributed by atoms with Gasteiger partial charge in [0.05, 0.1) is 0 Å². The Bertz CT molecular complexity index is 599. The summed E-state index contributed by atoms with van der Waals surface area (Å²) in [6.07, 6.45) is 9.56. The van der Waals surface area contributed by atoms with E-state index < -0.39 is 5.97 Å². The fraction of sp³-hybridized carbons (Fsp3) is 0.737. The van der Waals surface area contributed by atoms with Crippen molar-refractivity contribution in [3.05, 3.63) is 18.1 Å². The Balaban J connectivity index is 1.69. The third-order valence-corrected chi connectivity index (χ3v) is 5.81. The highest BCUT2D eigenvalue weighted by atomic mass is 16.4. The zero-order valence-corrected chi connectivity index (χ0v) is 15.4. The molecule has 0 bridgehead atoms. The van der Waals surface area contributed by atoms with Crippen molar-refractivity contribution in [3.63, 3.8) is 0 Å². The number of carboxylic acid groups (broad SMARTS) is 1. The van der Waals surface area contributed by atoms with E-state index in [9.17, 15) is 9.90 Å². The van der Waals surface area contributed by atoms with Gasteiger partial charge in [0.25, 0.3) is 0 Å². The highest BCUT2D eigenvalue weighted by Gasteiger charge is 2.47. The Morgan fingerprint density at radius 1 is 1.32 bits per heavy atom. The average molecular weight is 346 g/mol. The maximum atomic E-state index is 11.6. The Morgan fingerprint density at radius 2 is 2.08 bits per heavy atom. The van der Waals surface area contributed by atoms with Crippen molar-refractivity contribution in [1.29, 1.82) is 0 Å². The van der Waals surface area contributed by atoms with Crippen LogP contribution in [0.5, 0.6) is 0 Å². The Morgan fingerprint density at radius 3 is 2.72 bits per heavy atom. The quantitative estimate of drug-likeness (QED) is 0.854. The van der Waals surface area contributed by atoms with Gasteiger partial charge in [-0.2, -0.15) is 0 Å². The minimum Gasteiger partial charge on any atom is -0.480 e. The zero-order valence-electron chi connectivity index (χ0n) is 15.4. The van der Waals surface area contributed by atoms with Crippen LogP contribution in [-0.2, 0) is 11.2 Å². The predicted octanol–water partition coefficient (Wildman–Crippen LogP) is 2.58. The molecule has 3 rings (SSSR count). The number of likely N-dealkylation sites (tertiary alicyclic amines) is 1. The second-order valence-corrected chi connectivity index (χ2v) is 7.64. The molecule has 25 heavy (non-hydrogen) atoms. The first-order valence-electron chi connectivity index (χ1n) is 9.59. The molecule has 1 aromatic rings. The molecule has 0 saturated carbocycles. The van der Waals surface area contributed by atoms with Gasteiger partial charge in [0, 0.05) is 31.4 Å². The monoisotopic (exact) mass is 346 g/mol. The number of piperidine rings is 1. The normalized spacial score (nSPS) is 23.3. The molecule has 1 aromatic heterocycles. The van der Waals surface area contributed by atoms with Gasteiger partial charge >= 0.3 is 5.97 Å². The fourth-order valence-corrected chi connectivity index (χ4v) is 4.55. The van der Waals surface area contributed by atoms with Crippen molar-refractivity contribution in [3.8, 4) is 0 Å². The molecule has 0 aromatic carbocycles. The first kappa shape index (κ1) is 18.1. The van der Waals surface area contributed by atoms with Crippen molar-refractivity contribution < 1.29 is 9.90 Å². The van der Waals surface area contributed by atoms with Crippen LogP contribution in [-0.4, -0.2) is 58.2 Å². The van der Waals surface area contributed by atoms with Gasteiger partial charge < -0.3 is 10.0 Å². The molecule has 2 saturated heterocycles. The molecule has 1 N–H and O–H groups in total. The number of carboxylic acids is 1. The molecule has 1 unspecified atom stereocenters. The summed E-state index contributed by atoms with van der Waals surface area (Å²) in [5.41, 5.74) is 1.38. The molecule has 0 amide bonds. The number of aryl methyl sites for hydroxylation is 1. The van der Waals surface area contributed by atoms with Crippen LogP contribution in [0.3, 0.4) is 0 Å². The summed E-state index contributed by atoms with van der Waals surface area (Å²) in [5, 5.41) is 9.58.